The largest absolute Gasteiger partial charge is 0.419 e. The smallest absolute Gasteiger partial charge is 0.241 e. The van der Waals surface area contributed by atoms with Crippen molar-refractivity contribution < 1.29 is 13.2 Å². The number of sulfone groups is 1. The number of benzene rings is 2. The summed E-state index contributed by atoms with van der Waals surface area (Å²) in [5.74, 6) is -0.467. The van der Waals surface area contributed by atoms with E-state index in [0.29, 0.717) is 16.8 Å². The minimum atomic E-state index is -3.37. The zero-order valence-corrected chi connectivity index (χ0v) is 21.8. The van der Waals surface area contributed by atoms with Gasteiger partial charge in [0, 0.05) is 30.8 Å². The quantitative estimate of drug-likeness (QED) is 0.217. The van der Waals surface area contributed by atoms with E-state index in [0.717, 1.165) is 25.2 Å². The Balaban J connectivity index is 1.64. The average molecular weight is 509 g/mol. The average Bonchev–Trinajstić information content (AvgIpc) is 2.87. The first-order valence-corrected chi connectivity index (χ1v) is 13.1. The molecule has 1 heterocycles. The number of hydrogen-bond donors (Lipinski definition) is 3. The maximum absolute atomic E-state index is 12.3. The highest BCUT2D eigenvalue weighted by Gasteiger charge is 2.19. The number of nitrogens with zero attached hydrogens (tertiary/aromatic N) is 3. The summed E-state index contributed by atoms with van der Waals surface area (Å²) in [7, 11) is 0.689. The molecule has 0 saturated heterocycles. The van der Waals surface area contributed by atoms with Crippen LogP contribution in [0.25, 0.3) is 11.3 Å². The lowest BCUT2D eigenvalue weighted by Gasteiger charge is -2.11. The van der Waals surface area contributed by atoms with E-state index in [2.05, 4.69) is 20.2 Å². The van der Waals surface area contributed by atoms with Crippen molar-refractivity contribution in [2.75, 3.05) is 27.2 Å². The van der Waals surface area contributed by atoms with Crippen LogP contribution in [0, 0.1) is 10.8 Å². The molecule has 0 spiro atoms. The van der Waals surface area contributed by atoms with E-state index in [1.54, 1.807) is 38.1 Å². The van der Waals surface area contributed by atoms with E-state index in [1.165, 1.54) is 24.5 Å². The Morgan fingerprint density at radius 1 is 1.00 bits per heavy atom. The Bertz CT molecular complexity index is 1300. The zero-order chi connectivity index (χ0) is 26.3. The van der Waals surface area contributed by atoms with Gasteiger partial charge in [-0.05, 0) is 57.8 Å². The molecule has 3 aromatic rings. The number of aromatic nitrogens is 2. The van der Waals surface area contributed by atoms with Crippen LogP contribution < -0.4 is 5.32 Å². The van der Waals surface area contributed by atoms with Gasteiger partial charge < -0.3 is 15.0 Å². The van der Waals surface area contributed by atoms with Gasteiger partial charge in [-0.3, -0.25) is 15.8 Å². The monoisotopic (exact) mass is 508 g/mol. The van der Waals surface area contributed by atoms with Crippen LogP contribution >= 0.6 is 0 Å². The fourth-order valence-electron chi connectivity index (χ4n) is 3.22. The Morgan fingerprint density at radius 3 is 2.28 bits per heavy atom. The molecule has 0 aliphatic carbocycles. The van der Waals surface area contributed by atoms with Crippen molar-refractivity contribution in [3.8, 4) is 11.3 Å². The number of rotatable bonds is 10. The van der Waals surface area contributed by atoms with E-state index in [4.69, 9.17) is 15.6 Å². The van der Waals surface area contributed by atoms with Crippen LogP contribution in [0.3, 0.4) is 0 Å². The summed E-state index contributed by atoms with van der Waals surface area (Å²) in [6.07, 6.45) is 2.92. The van der Waals surface area contributed by atoms with Gasteiger partial charge in [-0.25, -0.2) is 13.4 Å². The van der Waals surface area contributed by atoms with Crippen LogP contribution in [0.4, 0.5) is 0 Å². The third-order valence-electron chi connectivity index (χ3n) is 5.45. The van der Waals surface area contributed by atoms with Gasteiger partial charge in [0.1, 0.15) is 5.69 Å². The molecule has 2 aromatic carbocycles. The maximum Gasteiger partial charge on any atom is 0.241 e. The molecule has 3 N–H and O–H groups in total. The van der Waals surface area contributed by atoms with Gasteiger partial charge in [0.15, 0.2) is 9.84 Å². The van der Waals surface area contributed by atoms with Gasteiger partial charge >= 0.3 is 0 Å². The fraction of sp³-hybridized carbons (Fsp3) is 0.308. The lowest BCUT2D eigenvalue weighted by Crippen LogP contribution is -2.26. The lowest BCUT2D eigenvalue weighted by atomic mass is 10.1. The van der Waals surface area contributed by atoms with E-state index >= 15 is 0 Å². The predicted molar refractivity (Wildman–Crippen MR) is 141 cm³/mol. The van der Waals surface area contributed by atoms with Gasteiger partial charge in [0.05, 0.1) is 28.2 Å². The molecular weight excluding hydrogens is 476 g/mol. The summed E-state index contributed by atoms with van der Waals surface area (Å²) >= 11 is 0. The Hall–Kier alpha value is -3.47. The second-order valence-corrected chi connectivity index (χ2v) is 11.3. The van der Waals surface area contributed by atoms with Crippen LogP contribution in [0.2, 0.25) is 0 Å². The topological polar surface area (TPSA) is 132 Å². The van der Waals surface area contributed by atoms with E-state index < -0.39 is 15.1 Å². The number of likely N-dealkylation sites (N-methyl/N-ethyl adjacent to an activating group) is 1. The van der Waals surface area contributed by atoms with Gasteiger partial charge in [-0.2, -0.15) is 0 Å². The second-order valence-electron chi connectivity index (χ2n) is 8.84. The van der Waals surface area contributed by atoms with Crippen LogP contribution in [-0.2, 0) is 21.1 Å². The highest BCUT2D eigenvalue weighted by atomic mass is 32.2. The van der Waals surface area contributed by atoms with Crippen molar-refractivity contribution in [2.24, 2.45) is 0 Å². The van der Waals surface area contributed by atoms with E-state index in [1.807, 2.05) is 26.2 Å². The number of nitrogens with one attached hydrogen (secondary N) is 3. The third-order valence-corrected chi connectivity index (χ3v) is 7.62. The lowest BCUT2D eigenvalue weighted by molar-refractivity contribution is 0.400. The van der Waals surface area contributed by atoms with Crippen molar-refractivity contribution >= 4 is 21.6 Å². The minimum Gasteiger partial charge on any atom is -0.419 e. The van der Waals surface area contributed by atoms with Crippen molar-refractivity contribution in [3.63, 3.8) is 0 Å². The number of ether oxygens (including phenoxy) is 1. The predicted octanol–water partition coefficient (Wildman–Crippen LogP) is 3.34. The summed E-state index contributed by atoms with van der Waals surface area (Å²) < 4.78 is 30.1. The van der Waals surface area contributed by atoms with Crippen molar-refractivity contribution in [2.45, 2.75) is 30.5 Å². The first-order valence-electron chi connectivity index (χ1n) is 11.5. The molecule has 190 valence electrons. The molecular formula is C26H32N6O3S. The second kappa shape index (κ2) is 12.0. The van der Waals surface area contributed by atoms with Crippen molar-refractivity contribution in [3.05, 3.63) is 77.7 Å². The molecule has 10 heteroatoms. The molecule has 9 nitrogen and oxygen atoms in total. The minimum absolute atomic E-state index is 0.164. The Morgan fingerprint density at radius 2 is 1.67 bits per heavy atom. The third kappa shape index (κ3) is 7.03. The first-order chi connectivity index (χ1) is 17.1. The van der Waals surface area contributed by atoms with Crippen LogP contribution in [0.5, 0.6) is 0 Å². The summed E-state index contributed by atoms with van der Waals surface area (Å²) in [6.45, 7) is 5.84. The highest BCUT2D eigenvalue weighted by molar-refractivity contribution is 7.92. The van der Waals surface area contributed by atoms with Gasteiger partial charge in [0.2, 0.25) is 11.8 Å². The standard InChI is InChI=1S/C26H32N6O3S/c1-18(2)36(33,34)22-11-9-20(10-12-22)23-16-30-17-24(31-23)26(28)35-25(27)21-7-5-19(6-8-21)15-29-13-14-32(3)4/h5-12,16-18,27-29H,13-15H2,1-4H3. The van der Waals surface area contributed by atoms with Gasteiger partial charge in [-0.1, -0.05) is 24.3 Å². The van der Waals surface area contributed by atoms with Crippen molar-refractivity contribution in [1.29, 1.82) is 10.8 Å². The molecule has 0 radical (unpaired) electrons. The van der Waals surface area contributed by atoms with E-state index in [9.17, 15) is 8.42 Å². The molecule has 36 heavy (non-hydrogen) atoms. The summed E-state index contributed by atoms with van der Waals surface area (Å²) in [6, 6.07) is 13.8. The molecule has 0 amide bonds. The highest BCUT2D eigenvalue weighted by Crippen LogP contribution is 2.22. The molecule has 0 unspecified atom stereocenters. The summed E-state index contributed by atoms with van der Waals surface area (Å²) in [4.78, 5) is 10.9. The first kappa shape index (κ1) is 27.1. The van der Waals surface area contributed by atoms with Crippen LogP contribution in [0.15, 0.2) is 65.8 Å². The normalized spacial score (nSPS) is 11.6. The molecule has 0 saturated carbocycles. The molecule has 1 aromatic heterocycles. The molecule has 0 bridgehead atoms. The number of hydrogen-bond acceptors (Lipinski definition) is 9. The summed E-state index contributed by atoms with van der Waals surface area (Å²) in [5, 5.41) is 19.4. The van der Waals surface area contributed by atoms with Gasteiger partial charge in [-0.15, -0.1) is 0 Å². The molecule has 3 rings (SSSR count). The Kier molecular flexibility index (Phi) is 9.03. The Labute approximate surface area is 212 Å². The molecule has 0 atom stereocenters. The SMILES string of the molecule is CC(C)S(=O)(=O)c1ccc(-c2cncc(C(=N)OC(=N)c3ccc(CNCCN(C)C)cc3)n2)cc1. The van der Waals surface area contributed by atoms with Crippen LogP contribution in [-0.4, -0.2) is 67.5 Å². The zero-order valence-electron chi connectivity index (χ0n) is 20.9. The molecule has 0 aliphatic rings. The molecule has 0 fully saturated rings. The van der Waals surface area contributed by atoms with Crippen molar-refractivity contribution in [1.82, 2.24) is 20.2 Å². The molecule has 0 aliphatic heterocycles. The maximum atomic E-state index is 12.3. The van der Waals surface area contributed by atoms with Gasteiger partial charge in [0.25, 0.3) is 0 Å². The summed E-state index contributed by atoms with van der Waals surface area (Å²) in [5.41, 5.74) is 2.92. The van der Waals surface area contributed by atoms with Crippen LogP contribution in [0.1, 0.15) is 30.7 Å². The fourth-order valence-corrected chi connectivity index (χ4v) is 4.28. The van der Waals surface area contributed by atoms with E-state index in [-0.39, 0.29) is 22.4 Å².